The first-order valence-corrected chi connectivity index (χ1v) is 10.9. The lowest BCUT2D eigenvalue weighted by Crippen LogP contribution is -2.42. The molecule has 2 aromatic rings. The highest BCUT2D eigenvalue weighted by atomic mass is 19.1. The fourth-order valence-corrected chi connectivity index (χ4v) is 3.75. The van der Waals surface area contributed by atoms with E-state index in [0.717, 1.165) is 55.4 Å². The van der Waals surface area contributed by atoms with Crippen LogP contribution in [0.5, 0.6) is 5.75 Å². The standard InChI is InChI=1S/C24H33FN4O2/c1-3-26-24(27-13-12-20-6-4-5-7-23(20)30-2)28-18-22(29-14-16-31-17-15-29)19-8-10-21(25)11-9-19/h4-11,22H,3,12-18H2,1-2H3,(H2,26,27,28). The number of rotatable bonds is 9. The van der Waals surface area contributed by atoms with Crippen molar-refractivity contribution in [2.24, 2.45) is 4.99 Å². The van der Waals surface area contributed by atoms with E-state index in [2.05, 4.69) is 28.5 Å². The molecule has 0 aliphatic carbocycles. The lowest BCUT2D eigenvalue weighted by Gasteiger charge is -2.34. The van der Waals surface area contributed by atoms with Crippen LogP contribution >= 0.6 is 0 Å². The largest absolute Gasteiger partial charge is 0.496 e. The van der Waals surface area contributed by atoms with Crippen LogP contribution in [0.1, 0.15) is 24.1 Å². The first kappa shape index (κ1) is 23.0. The summed E-state index contributed by atoms with van der Waals surface area (Å²) in [6.45, 7) is 7.25. The number of morpholine rings is 1. The van der Waals surface area contributed by atoms with Crippen LogP contribution in [0.15, 0.2) is 53.5 Å². The molecule has 0 radical (unpaired) electrons. The minimum Gasteiger partial charge on any atom is -0.496 e. The molecule has 1 aliphatic heterocycles. The normalized spacial score (nSPS) is 16.0. The summed E-state index contributed by atoms with van der Waals surface area (Å²) in [5, 5.41) is 6.74. The van der Waals surface area contributed by atoms with Crippen molar-refractivity contribution in [3.63, 3.8) is 0 Å². The quantitative estimate of drug-likeness (QED) is 0.475. The Kier molecular flexibility index (Phi) is 9.12. The molecule has 168 valence electrons. The van der Waals surface area contributed by atoms with Gasteiger partial charge >= 0.3 is 0 Å². The zero-order valence-corrected chi connectivity index (χ0v) is 18.4. The average Bonchev–Trinajstić information content (AvgIpc) is 2.81. The van der Waals surface area contributed by atoms with Crippen molar-refractivity contribution < 1.29 is 13.9 Å². The van der Waals surface area contributed by atoms with Crippen LogP contribution in [0.2, 0.25) is 0 Å². The van der Waals surface area contributed by atoms with Crippen LogP contribution < -0.4 is 15.4 Å². The number of halogens is 1. The molecular formula is C24H33FN4O2. The van der Waals surface area contributed by atoms with Crippen molar-refractivity contribution in [2.45, 2.75) is 19.4 Å². The van der Waals surface area contributed by atoms with Crippen LogP contribution in [-0.4, -0.2) is 63.9 Å². The summed E-state index contributed by atoms with van der Waals surface area (Å²) in [5.41, 5.74) is 2.22. The summed E-state index contributed by atoms with van der Waals surface area (Å²) >= 11 is 0. The molecule has 2 aromatic carbocycles. The fourth-order valence-electron chi connectivity index (χ4n) is 3.75. The SMILES string of the molecule is CCNC(=NCC(c1ccc(F)cc1)N1CCOCC1)NCCc1ccccc1OC. The number of methoxy groups -OCH3 is 1. The van der Waals surface area contributed by atoms with Gasteiger partial charge in [0.1, 0.15) is 11.6 Å². The number of hydrogen-bond donors (Lipinski definition) is 2. The molecule has 1 aliphatic rings. The lowest BCUT2D eigenvalue weighted by molar-refractivity contribution is 0.0179. The van der Waals surface area contributed by atoms with E-state index in [0.29, 0.717) is 19.8 Å². The van der Waals surface area contributed by atoms with E-state index in [9.17, 15) is 4.39 Å². The molecule has 1 unspecified atom stereocenters. The summed E-state index contributed by atoms with van der Waals surface area (Å²) in [6.07, 6.45) is 0.833. The van der Waals surface area contributed by atoms with Crippen molar-refractivity contribution in [2.75, 3.05) is 53.0 Å². The summed E-state index contributed by atoms with van der Waals surface area (Å²) < 4.78 is 24.4. The Labute approximate surface area is 184 Å². The second-order valence-electron chi connectivity index (χ2n) is 7.42. The van der Waals surface area contributed by atoms with Crippen LogP contribution in [-0.2, 0) is 11.2 Å². The molecular weight excluding hydrogens is 395 g/mol. The minimum absolute atomic E-state index is 0.0779. The van der Waals surface area contributed by atoms with Crippen LogP contribution in [0, 0.1) is 5.82 Å². The van der Waals surface area contributed by atoms with Gasteiger partial charge in [-0.2, -0.15) is 0 Å². The van der Waals surface area contributed by atoms with Gasteiger partial charge < -0.3 is 20.1 Å². The maximum absolute atomic E-state index is 13.5. The van der Waals surface area contributed by atoms with E-state index < -0.39 is 0 Å². The Morgan fingerprint density at radius 1 is 1.13 bits per heavy atom. The number of para-hydroxylation sites is 1. The zero-order chi connectivity index (χ0) is 21.9. The Morgan fingerprint density at radius 3 is 2.58 bits per heavy atom. The Bertz CT molecular complexity index is 823. The second kappa shape index (κ2) is 12.3. The molecule has 0 aromatic heterocycles. The third-order valence-electron chi connectivity index (χ3n) is 5.39. The second-order valence-corrected chi connectivity index (χ2v) is 7.42. The zero-order valence-electron chi connectivity index (χ0n) is 18.4. The van der Waals surface area contributed by atoms with Crippen molar-refractivity contribution in [1.29, 1.82) is 0 Å². The minimum atomic E-state index is -0.223. The van der Waals surface area contributed by atoms with Gasteiger partial charge in [-0.3, -0.25) is 9.89 Å². The first-order chi connectivity index (χ1) is 15.2. The highest BCUT2D eigenvalue weighted by molar-refractivity contribution is 5.79. The maximum atomic E-state index is 13.5. The number of nitrogens with zero attached hydrogens (tertiary/aromatic N) is 2. The number of benzene rings is 2. The lowest BCUT2D eigenvalue weighted by atomic mass is 10.0. The van der Waals surface area contributed by atoms with Gasteiger partial charge in [0, 0.05) is 26.2 Å². The van der Waals surface area contributed by atoms with E-state index in [4.69, 9.17) is 14.5 Å². The van der Waals surface area contributed by atoms with Crippen molar-refractivity contribution in [3.8, 4) is 5.75 Å². The van der Waals surface area contributed by atoms with Gasteiger partial charge in [0.2, 0.25) is 0 Å². The van der Waals surface area contributed by atoms with E-state index in [1.54, 1.807) is 7.11 Å². The van der Waals surface area contributed by atoms with Crippen molar-refractivity contribution in [1.82, 2.24) is 15.5 Å². The number of guanidine groups is 1. The number of hydrogen-bond acceptors (Lipinski definition) is 4. The number of aliphatic imine (C=N–C) groups is 1. The van der Waals surface area contributed by atoms with Gasteiger partial charge in [0.05, 0.1) is 32.9 Å². The van der Waals surface area contributed by atoms with Gasteiger partial charge in [-0.1, -0.05) is 30.3 Å². The van der Waals surface area contributed by atoms with Crippen LogP contribution in [0.4, 0.5) is 4.39 Å². The topological polar surface area (TPSA) is 58.1 Å². The molecule has 0 saturated carbocycles. The Balaban J connectivity index is 1.66. The van der Waals surface area contributed by atoms with Gasteiger partial charge in [-0.15, -0.1) is 0 Å². The van der Waals surface area contributed by atoms with Crippen LogP contribution in [0.3, 0.4) is 0 Å². The Morgan fingerprint density at radius 2 is 1.87 bits per heavy atom. The molecule has 0 amide bonds. The fraction of sp³-hybridized carbons (Fsp3) is 0.458. The Hall–Kier alpha value is -2.64. The van der Waals surface area contributed by atoms with Crippen molar-refractivity contribution in [3.05, 3.63) is 65.5 Å². The molecule has 1 heterocycles. The predicted molar refractivity (Wildman–Crippen MR) is 122 cm³/mol. The molecule has 1 atom stereocenters. The van der Waals surface area contributed by atoms with Crippen molar-refractivity contribution >= 4 is 5.96 Å². The molecule has 0 spiro atoms. The molecule has 6 nitrogen and oxygen atoms in total. The predicted octanol–water partition coefficient (Wildman–Crippen LogP) is 3.01. The third-order valence-corrected chi connectivity index (χ3v) is 5.39. The van der Waals surface area contributed by atoms with Crippen LogP contribution in [0.25, 0.3) is 0 Å². The van der Waals surface area contributed by atoms with Gasteiger partial charge in [0.25, 0.3) is 0 Å². The molecule has 31 heavy (non-hydrogen) atoms. The summed E-state index contributed by atoms with van der Waals surface area (Å²) in [6, 6.07) is 14.9. The molecule has 2 N–H and O–H groups in total. The molecule has 0 bridgehead atoms. The summed E-state index contributed by atoms with van der Waals surface area (Å²) in [4.78, 5) is 7.21. The van der Waals surface area contributed by atoms with E-state index in [-0.39, 0.29) is 11.9 Å². The molecule has 1 saturated heterocycles. The highest BCUT2D eigenvalue weighted by Gasteiger charge is 2.22. The smallest absolute Gasteiger partial charge is 0.191 e. The number of ether oxygens (including phenoxy) is 2. The molecule has 3 rings (SSSR count). The van der Waals surface area contributed by atoms with Gasteiger partial charge in [-0.25, -0.2) is 4.39 Å². The third kappa shape index (κ3) is 6.94. The van der Waals surface area contributed by atoms with E-state index in [1.165, 1.54) is 12.1 Å². The molecule has 7 heteroatoms. The van der Waals surface area contributed by atoms with E-state index in [1.807, 2.05) is 30.3 Å². The monoisotopic (exact) mass is 428 g/mol. The molecule has 1 fully saturated rings. The van der Waals surface area contributed by atoms with E-state index >= 15 is 0 Å². The van der Waals surface area contributed by atoms with Gasteiger partial charge in [0.15, 0.2) is 5.96 Å². The first-order valence-electron chi connectivity index (χ1n) is 10.9. The summed E-state index contributed by atoms with van der Waals surface area (Å²) in [7, 11) is 1.69. The maximum Gasteiger partial charge on any atom is 0.191 e. The summed E-state index contributed by atoms with van der Waals surface area (Å²) in [5.74, 6) is 1.45. The van der Waals surface area contributed by atoms with Gasteiger partial charge in [-0.05, 0) is 42.7 Å². The number of nitrogens with one attached hydrogen (secondary N) is 2. The highest BCUT2D eigenvalue weighted by Crippen LogP contribution is 2.23. The average molecular weight is 429 g/mol.